The van der Waals surface area contributed by atoms with Crippen LogP contribution in [0.4, 0.5) is 0 Å². The summed E-state index contributed by atoms with van der Waals surface area (Å²) in [7, 11) is 0. The molecule has 1 aromatic rings. The van der Waals surface area contributed by atoms with E-state index in [1.807, 2.05) is 18.3 Å². The monoisotopic (exact) mass is 140 g/mol. The summed E-state index contributed by atoms with van der Waals surface area (Å²) in [4.78, 5) is 3.05. The Morgan fingerprint density at radius 2 is 2.50 bits per heavy atom. The van der Waals surface area contributed by atoms with Crippen molar-refractivity contribution in [3.05, 3.63) is 24.0 Å². The first-order valence-corrected chi connectivity index (χ1v) is 3.37. The molecular formula is C7H12N2O. The molecule has 0 aliphatic carbocycles. The Hall–Kier alpha value is -0.800. The van der Waals surface area contributed by atoms with Gasteiger partial charge in [0.2, 0.25) is 0 Å². The summed E-state index contributed by atoms with van der Waals surface area (Å²) in [6.45, 7) is 1.65. The number of aromatic nitrogens is 1. The van der Waals surface area contributed by atoms with Gasteiger partial charge in [0.25, 0.3) is 0 Å². The molecule has 1 rings (SSSR count). The maximum Gasteiger partial charge on any atom is 0.0556 e. The first-order chi connectivity index (χ1) is 4.93. The van der Waals surface area contributed by atoms with Crippen LogP contribution in [0.15, 0.2) is 18.3 Å². The molecule has 3 nitrogen and oxygen atoms in total. The predicted molar refractivity (Wildman–Crippen MR) is 39.6 cm³/mol. The average molecular weight is 140 g/mol. The van der Waals surface area contributed by atoms with Gasteiger partial charge in [0, 0.05) is 25.0 Å². The largest absolute Gasteiger partial charge is 0.395 e. The quantitative estimate of drug-likeness (QED) is 0.519. The van der Waals surface area contributed by atoms with Crippen molar-refractivity contribution in [2.75, 3.05) is 13.2 Å². The van der Waals surface area contributed by atoms with Crippen molar-refractivity contribution in [2.45, 2.75) is 6.54 Å². The molecule has 0 aromatic carbocycles. The van der Waals surface area contributed by atoms with E-state index in [4.69, 9.17) is 5.11 Å². The van der Waals surface area contributed by atoms with Crippen molar-refractivity contribution < 1.29 is 5.11 Å². The maximum atomic E-state index is 8.42. The van der Waals surface area contributed by atoms with Crippen LogP contribution in [0.3, 0.4) is 0 Å². The van der Waals surface area contributed by atoms with Gasteiger partial charge >= 0.3 is 0 Å². The second-order valence-electron chi connectivity index (χ2n) is 2.10. The average Bonchev–Trinajstić information content (AvgIpc) is 2.41. The van der Waals surface area contributed by atoms with Crippen molar-refractivity contribution in [1.29, 1.82) is 0 Å². The summed E-state index contributed by atoms with van der Waals surface area (Å²) in [5, 5.41) is 11.5. The molecular weight excluding hydrogens is 128 g/mol. The third-order valence-electron chi connectivity index (χ3n) is 1.27. The number of rotatable bonds is 4. The van der Waals surface area contributed by atoms with Crippen LogP contribution in [0.25, 0.3) is 0 Å². The van der Waals surface area contributed by atoms with E-state index < -0.39 is 0 Å². The van der Waals surface area contributed by atoms with E-state index in [0.29, 0.717) is 6.54 Å². The maximum absolute atomic E-state index is 8.42. The Bertz CT molecular complexity index is 160. The van der Waals surface area contributed by atoms with Gasteiger partial charge in [0.05, 0.1) is 6.61 Å². The van der Waals surface area contributed by atoms with E-state index in [2.05, 4.69) is 10.3 Å². The van der Waals surface area contributed by atoms with Crippen LogP contribution in [-0.2, 0) is 6.54 Å². The van der Waals surface area contributed by atoms with Crippen LogP contribution in [0, 0.1) is 0 Å². The highest BCUT2D eigenvalue weighted by Gasteiger charge is 1.88. The molecule has 0 bridgehead atoms. The molecule has 0 atom stereocenters. The Balaban J connectivity index is 2.15. The first-order valence-electron chi connectivity index (χ1n) is 3.37. The van der Waals surface area contributed by atoms with Crippen LogP contribution in [0.5, 0.6) is 0 Å². The standard InChI is InChI=1S/C7H12N2O/c10-5-4-8-6-7-2-1-3-9-7/h1-3,8-10H,4-6H2. The minimum atomic E-state index is 0.195. The molecule has 1 aromatic heterocycles. The van der Waals surface area contributed by atoms with Crippen LogP contribution >= 0.6 is 0 Å². The van der Waals surface area contributed by atoms with Crippen molar-refractivity contribution in [1.82, 2.24) is 10.3 Å². The van der Waals surface area contributed by atoms with E-state index in [-0.39, 0.29) is 6.61 Å². The first kappa shape index (κ1) is 7.31. The minimum Gasteiger partial charge on any atom is -0.395 e. The molecule has 10 heavy (non-hydrogen) atoms. The van der Waals surface area contributed by atoms with E-state index in [1.54, 1.807) is 0 Å². The molecule has 0 saturated heterocycles. The van der Waals surface area contributed by atoms with Crippen LogP contribution in [-0.4, -0.2) is 23.2 Å². The fourth-order valence-corrected chi connectivity index (χ4v) is 0.780. The molecule has 0 aliphatic heterocycles. The van der Waals surface area contributed by atoms with Gasteiger partial charge in [-0.05, 0) is 12.1 Å². The van der Waals surface area contributed by atoms with Crippen molar-refractivity contribution in [2.24, 2.45) is 0 Å². The van der Waals surface area contributed by atoms with Crippen LogP contribution < -0.4 is 5.32 Å². The number of hydrogen-bond acceptors (Lipinski definition) is 2. The number of aromatic amines is 1. The molecule has 0 spiro atoms. The van der Waals surface area contributed by atoms with Crippen LogP contribution in [0.2, 0.25) is 0 Å². The predicted octanol–water partition coefficient (Wildman–Crippen LogP) is 0.0966. The number of aliphatic hydroxyl groups is 1. The lowest BCUT2D eigenvalue weighted by Crippen LogP contribution is -2.17. The summed E-state index contributed by atoms with van der Waals surface area (Å²) >= 11 is 0. The highest BCUT2D eigenvalue weighted by Crippen LogP contribution is 1.91. The van der Waals surface area contributed by atoms with Gasteiger partial charge in [-0.25, -0.2) is 0 Å². The summed E-state index contributed by atoms with van der Waals surface area (Å²) < 4.78 is 0. The minimum absolute atomic E-state index is 0.195. The van der Waals surface area contributed by atoms with E-state index >= 15 is 0 Å². The van der Waals surface area contributed by atoms with Gasteiger partial charge in [0.15, 0.2) is 0 Å². The smallest absolute Gasteiger partial charge is 0.0556 e. The van der Waals surface area contributed by atoms with Gasteiger partial charge in [-0.1, -0.05) is 0 Å². The highest BCUT2D eigenvalue weighted by molar-refractivity contribution is 5.02. The van der Waals surface area contributed by atoms with Gasteiger partial charge in [-0.3, -0.25) is 0 Å². The molecule has 1 heterocycles. The second kappa shape index (κ2) is 4.09. The van der Waals surface area contributed by atoms with E-state index in [1.165, 1.54) is 0 Å². The summed E-state index contributed by atoms with van der Waals surface area (Å²) in [5.74, 6) is 0. The Kier molecular flexibility index (Phi) is 2.99. The normalized spacial score (nSPS) is 10.1. The Morgan fingerprint density at radius 1 is 1.60 bits per heavy atom. The summed E-state index contributed by atoms with van der Waals surface area (Å²) in [5.41, 5.74) is 1.15. The van der Waals surface area contributed by atoms with Gasteiger partial charge in [0.1, 0.15) is 0 Å². The number of hydrogen-bond donors (Lipinski definition) is 3. The molecule has 56 valence electrons. The lowest BCUT2D eigenvalue weighted by Gasteiger charge is -1.98. The van der Waals surface area contributed by atoms with Crippen molar-refractivity contribution in [3.63, 3.8) is 0 Å². The molecule has 0 unspecified atom stereocenters. The van der Waals surface area contributed by atoms with Crippen LogP contribution in [0.1, 0.15) is 5.69 Å². The number of nitrogens with one attached hydrogen (secondary N) is 2. The van der Waals surface area contributed by atoms with E-state index in [0.717, 1.165) is 12.2 Å². The lowest BCUT2D eigenvalue weighted by molar-refractivity contribution is 0.291. The van der Waals surface area contributed by atoms with Gasteiger partial charge < -0.3 is 15.4 Å². The molecule has 0 amide bonds. The Morgan fingerprint density at radius 3 is 3.10 bits per heavy atom. The molecule has 3 N–H and O–H groups in total. The topological polar surface area (TPSA) is 48.0 Å². The van der Waals surface area contributed by atoms with Crippen molar-refractivity contribution in [3.8, 4) is 0 Å². The third-order valence-corrected chi connectivity index (χ3v) is 1.27. The zero-order valence-electron chi connectivity index (χ0n) is 5.80. The molecule has 0 saturated carbocycles. The lowest BCUT2D eigenvalue weighted by atomic mass is 10.4. The van der Waals surface area contributed by atoms with Gasteiger partial charge in [-0.2, -0.15) is 0 Å². The molecule has 0 aliphatic rings. The number of H-pyrrole nitrogens is 1. The highest BCUT2D eigenvalue weighted by atomic mass is 16.3. The number of aliphatic hydroxyl groups excluding tert-OH is 1. The second-order valence-corrected chi connectivity index (χ2v) is 2.10. The Labute approximate surface area is 60.1 Å². The fourth-order valence-electron chi connectivity index (χ4n) is 0.780. The fraction of sp³-hybridized carbons (Fsp3) is 0.429. The molecule has 0 fully saturated rings. The summed E-state index contributed by atoms with van der Waals surface area (Å²) in [6, 6.07) is 3.96. The molecule has 3 heteroatoms. The van der Waals surface area contributed by atoms with E-state index in [9.17, 15) is 0 Å². The van der Waals surface area contributed by atoms with Crippen molar-refractivity contribution >= 4 is 0 Å². The molecule has 0 radical (unpaired) electrons. The van der Waals surface area contributed by atoms with Gasteiger partial charge in [-0.15, -0.1) is 0 Å². The SMILES string of the molecule is OCCNCc1ccc[nH]1. The zero-order chi connectivity index (χ0) is 7.23. The third kappa shape index (κ3) is 2.21. The zero-order valence-corrected chi connectivity index (χ0v) is 5.80. The summed E-state index contributed by atoms with van der Waals surface area (Å²) in [6.07, 6.45) is 1.88.